The number of fused-ring (bicyclic) bond motifs is 1. The van der Waals surface area contributed by atoms with Crippen LogP contribution in [0.25, 0.3) is 0 Å². The van der Waals surface area contributed by atoms with Gasteiger partial charge in [-0.25, -0.2) is 0 Å². The van der Waals surface area contributed by atoms with E-state index in [1.165, 1.54) is 20.8 Å². The molecule has 17 atom stereocenters. The van der Waals surface area contributed by atoms with Crippen LogP contribution in [0.1, 0.15) is 109 Å². The molecule has 105 heavy (non-hydrogen) atoms. The lowest BCUT2D eigenvalue weighted by molar-refractivity contribution is -0.473. The van der Waals surface area contributed by atoms with Gasteiger partial charge in [0.05, 0.1) is 71.5 Å². The summed E-state index contributed by atoms with van der Waals surface area (Å²) < 4.78 is 101. The van der Waals surface area contributed by atoms with Crippen molar-refractivity contribution in [2.24, 2.45) is 5.73 Å². The second-order valence-electron chi connectivity index (χ2n) is 24.3. The summed E-state index contributed by atoms with van der Waals surface area (Å²) in [6.45, 7) is 11.4. The van der Waals surface area contributed by atoms with Crippen molar-refractivity contribution in [1.82, 2.24) is 37.2 Å². The Morgan fingerprint density at radius 2 is 0.848 bits per heavy atom. The van der Waals surface area contributed by atoms with E-state index in [-0.39, 0.29) is 111 Å². The van der Waals surface area contributed by atoms with Gasteiger partial charge in [-0.3, -0.25) is 71.9 Å². The third kappa shape index (κ3) is 28.8. The molecule has 0 radical (unpaired) electrons. The number of amides is 6. The maximum Gasteiger partial charge on any atom is 0.303 e. The van der Waals surface area contributed by atoms with Crippen LogP contribution in [0.4, 0.5) is 0 Å². The van der Waals surface area contributed by atoms with Crippen molar-refractivity contribution >= 4 is 89.2 Å². The van der Waals surface area contributed by atoms with Crippen LogP contribution in [-0.4, -0.2) is 298 Å². The van der Waals surface area contributed by atoms with E-state index in [0.717, 1.165) is 62.3 Å². The van der Waals surface area contributed by atoms with Crippen LogP contribution in [0.5, 0.6) is 0 Å². The van der Waals surface area contributed by atoms with Crippen LogP contribution in [0.3, 0.4) is 0 Å². The summed E-state index contributed by atoms with van der Waals surface area (Å²) in [5.74, 6) is -10.1. The minimum Gasteiger partial charge on any atom is -0.463 e. The number of ether oxygens (including phenoxy) is 18. The summed E-state index contributed by atoms with van der Waals surface area (Å²) in [4.78, 5) is 186. The van der Waals surface area contributed by atoms with E-state index in [4.69, 9.17) is 91.0 Å². The molecular formula is C64H100N8O33. The summed E-state index contributed by atoms with van der Waals surface area (Å²) in [7, 11) is 0. The number of esters is 9. The zero-order valence-corrected chi connectivity index (χ0v) is 60.9. The van der Waals surface area contributed by atoms with Gasteiger partial charge in [-0.05, 0) is 25.8 Å². The fourth-order valence-corrected chi connectivity index (χ4v) is 11.7. The van der Waals surface area contributed by atoms with Gasteiger partial charge >= 0.3 is 53.7 Å². The molecule has 1 saturated carbocycles. The lowest BCUT2D eigenvalue weighted by Crippen LogP contribution is -3.01. The zero-order chi connectivity index (χ0) is 78.1. The van der Waals surface area contributed by atoms with Gasteiger partial charge in [-0.15, -0.1) is 0 Å². The molecule has 4 rings (SSSR count). The topological polar surface area (TPSA) is 532 Å². The third-order valence-electron chi connectivity index (χ3n) is 15.7. The highest BCUT2D eigenvalue weighted by atomic mass is 16.8. The number of rotatable bonds is 46. The molecular weight excluding hydrogens is 1410 g/mol. The second-order valence-corrected chi connectivity index (χ2v) is 24.3. The number of hydrogen-bond acceptors (Lipinski definition) is 35. The molecule has 9 N–H and O–H groups in total. The molecule has 0 bridgehead atoms. The van der Waals surface area contributed by atoms with Crippen molar-refractivity contribution in [3.05, 3.63) is 0 Å². The first kappa shape index (κ1) is 89.0. The summed E-state index contributed by atoms with van der Waals surface area (Å²) in [5, 5.41) is 19.1. The monoisotopic (exact) mass is 1510 g/mol. The van der Waals surface area contributed by atoms with Crippen LogP contribution in [-0.2, 0) is 157 Å². The molecule has 3 heterocycles. The Bertz CT molecular complexity index is 2980. The van der Waals surface area contributed by atoms with Gasteiger partial charge in [0.1, 0.15) is 44.1 Å². The molecule has 0 aromatic carbocycles. The normalized spacial score (nSPS) is 26.2. The van der Waals surface area contributed by atoms with Gasteiger partial charge in [0.2, 0.25) is 35.4 Å². The van der Waals surface area contributed by atoms with Gasteiger partial charge in [0.15, 0.2) is 66.6 Å². The van der Waals surface area contributed by atoms with Gasteiger partial charge in [-0.2, -0.15) is 0 Å². The number of nitrogens with one attached hydrogen (secondary N) is 7. The summed E-state index contributed by atoms with van der Waals surface area (Å²) >= 11 is 0. The standard InChI is InChI=1S/C64H100N8O33/c1-33(73)70-50-54(99-41(9)81)52(97-39(7)79)47(30-94-36(4)76)103-60(50)91-27-24-88-21-18-67-49(85)16-15-46(59(87)69-20-23-89-25-28-92-61-51(71-34(2)74)55(100-42(10)82)53(98-40(8)80)48(104-61)31-95-37(5)77)66-17-13-14-45(65)58(86)68-19-22-90-26-29-93-62-64(72-35(3)75)57(102-44(12)84)56(101-43(11)83)63(64,105-62)32-96-38(6)78/h45-48,50-57,60-62,66H,13-32,65H2,1-12H3,(H,67,85)(H,68,86)(H,69,87)(H,70,73)(H,71,74)(H,72,75)/t45-,46-,47?,48?,50?,51?,52?,53?,54?,55?,56?,57?,60?,61?,62?,63?,64?/m0/s1. The summed E-state index contributed by atoms with van der Waals surface area (Å²) in [6, 6.07) is -4.43. The maximum atomic E-state index is 13.7. The minimum absolute atomic E-state index is 0.000859. The summed E-state index contributed by atoms with van der Waals surface area (Å²) in [6.07, 6.45) is -14.2. The highest BCUT2D eigenvalue weighted by Crippen LogP contribution is 2.60. The first-order chi connectivity index (χ1) is 49.6. The molecule has 41 heteroatoms. The molecule has 41 nitrogen and oxygen atoms in total. The Kier molecular flexibility index (Phi) is 37.8. The Balaban J connectivity index is 1.31. The molecule has 0 aromatic heterocycles. The van der Waals surface area contributed by atoms with Gasteiger partial charge < -0.3 is 128 Å². The lowest BCUT2D eigenvalue weighted by Gasteiger charge is -2.73. The minimum atomic E-state index is -1.68. The zero-order valence-electron chi connectivity index (χ0n) is 60.9. The lowest BCUT2D eigenvalue weighted by atomic mass is 9.53. The second kappa shape index (κ2) is 44.5. The Morgan fingerprint density at radius 1 is 0.429 bits per heavy atom. The first-order valence-electron chi connectivity index (χ1n) is 33.8. The van der Waals surface area contributed by atoms with Gasteiger partial charge in [0, 0.05) is 109 Å². The van der Waals surface area contributed by atoms with Crippen LogP contribution in [0, 0.1) is 0 Å². The predicted molar refractivity (Wildman–Crippen MR) is 347 cm³/mol. The fourth-order valence-electron chi connectivity index (χ4n) is 11.7. The summed E-state index contributed by atoms with van der Waals surface area (Å²) in [5.41, 5.74) is 2.91. The Morgan fingerprint density at radius 3 is 1.28 bits per heavy atom. The van der Waals surface area contributed by atoms with E-state index in [9.17, 15) is 71.9 Å². The van der Waals surface area contributed by atoms with Crippen LogP contribution >= 0.6 is 0 Å². The number of carbonyl (C=O) groups is 15. The van der Waals surface area contributed by atoms with Crippen molar-refractivity contribution in [2.45, 2.75) is 212 Å². The molecule has 15 unspecified atom stereocenters. The van der Waals surface area contributed by atoms with Crippen molar-refractivity contribution in [2.75, 3.05) is 105 Å². The Labute approximate surface area is 604 Å². The van der Waals surface area contributed by atoms with Crippen molar-refractivity contribution in [3.8, 4) is 0 Å². The fraction of sp³-hybridized carbons (Fsp3) is 0.766. The SMILES string of the molecule is CC(=O)NC1C(OCCOCCNC(=O)CC[C@H](NCCC[C@H](N)C(=O)NCCOCCOC2OC3(COC(C)=O)C(OC(C)=O)C(OC(C)=O)C23NC(C)=O)C(=O)NCCOCCOC2OC(COC(C)=O)C(OC(C)=O)C(OC(C)=O)C2NC(C)=O)OC(COC(C)=O)C(OC(C)=O)C1OC(C)=O. The van der Waals surface area contributed by atoms with E-state index >= 15 is 0 Å². The van der Waals surface area contributed by atoms with E-state index in [0.29, 0.717) is 0 Å². The van der Waals surface area contributed by atoms with Crippen LogP contribution in [0.15, 0.2) is 0 Å². The largest absolute Gasteiger partial charge is 0.463 e. The van der Waals surface area contributed by atoms with Crippen LogP contribution in [0.2, 0.25) is 0 Å². The molecule has 3 saturated heterocycles. The van der Waals surface area contributed by atoms with Crippen molar-refractivity contribution in [1.29, 1.82) is 0 Å². The molecule has 0 aromatic rings. The van der Waals surface area contributed by atoms with E-state index in [1.807, 2.05) is 0 Å². The molecule has 0 spiro atoms. The van der Waals surface area contributed by atoms with E-state index < -0.39 is 212 Å². The Hall–Kier alpha value is -8.39. The van der Waals surface area contributed by atoms with E-state index in [2.05, 4.69) is 37.2 Å². The molecule has 4 aliphatic rings. The highest BCUT2D eigenvalue weighted by Gasteiger charge is 2.89. The predicted octanol–water partition coefficient (Wildman–Crippen LogP) is -5.00. The first-order valence-corrected chi connectivity index (χ1v) is 33.8. The third-order valence-corrected chi connectivity index (χ3v) is 15.7. The molecule has 3 aliphatic heterocycles. The van der Waals surface area contributed by atoms with E-state index in [1.54, 1.807) is 0 Å². The maximum absolute atomic E-state index is 13.7. The average molecular weight is 1510 g/mol. The molecule has 594 valence electrons. The van der Waals surface area contributed by atoms with Crippen molar-refractivity contribution < 1.29 is 157 Å². The molecule has 1 aliphatic carbocycles. The highest BCUT2D eigenvalue weighted by molar-refractivity contribution is 5.84. The number of nitrogens with two attached hydrogens (primary N) is 1. The van der Waals surface area contributed by atoms with Crippen LogP contribution < -0.4 is 43.0 Å². The van der Waals surface area contributed by atoms with Gasteiger partial charge in [-0.1, -0.05) is 0 Å². The molecule has 4 fully saturated rings. The molecule has 6 amide bonds. The number of hydrogen-bond donors (Lipinski definition) is 8. The number of carbonyl (C=O) groups excluding carboxylic acids is 15. The van der Waals surface area contributed by atoms with Gasteiger partial charge in [0.25, 0.3) is 0 Å². The quantitative estimate of drug-likeness (QED) is 0.0161. The van der Waals surface area contributed by atoms with Crippen molar-refractivity contribution in [3.63, 3.8) is 0 Å². The smallest absolute Gasteiger partial charge is 0.303 e. The average Bonchev–Trinajstić information content (AvgIpc) is 0.645.